The second-order valence-electron chi connectivity index (χ2n) is 7.62. The Balaban J connectivity index is 1.54. The maximum atomic E-state index is 12.9. The normalized spacial score (nSPS) is 17.8. The first kappa shape index (κ1) is 19.7. The van der Waals surface area contributed by atoms with Gasteiger partial charge in [0, 0.05) is 31.0 Å². The van der Waals surface area contributed by atoms with Crippen LogP contribution in [0.15, 0.2) is 30.3 Å². The third-order valence-electron chi connectivity index (χ3n) is 5.94. The van der Waals surface area contributed by atoms with Gasteiger partial charge in [-0.1, -0.05) is 18.2 Å². The molecule has 0 saturated heterocycles. The van der Waals surface area contributed by atoms with Crippen molar-refractivity contribution in [3.63, 3.8) is 0 Å². The summed E-state index contributed by atoms with van der Waals surface area (Å²) >= 11 is 0. The van der Waals surface area contributed by atoms with E-state index in [2.05, 4.69) is 4.90 Å². The van der Waals surface area contributed by atoms with E-state index in [4.69, 9.17) is 14.2 Å². The number of likely N-dealkylation sites (N-methyl/N-ethyl adjacent to an activating group) is 1. The van der Waals surface area contributed by atoms with Gasteiger partial charge < -0.3 is 19.3 Å². The third-order valence-corrected chi connectivity index (χ3v) is 5.94. The average Bonchev–Trinajstić information content (AvgIpc) is 3.21. The molecule has 0 spiro atoms. The van der Waals surface area contributed by atoms with Gasteiger partial charge in [0.25, 0.3) is 0 Å². The smallest absolute Gasteiger partial charge is 0.231 e. The van der Waals surface area contributed by atoms with E-state index in [0.717, 1.165) is 41.0 Å². The number of fused-ring (bicyclic) bond motifs is 2. The van der Waals surface area contributed by atoms with Gasteiger partial charge in [0.15, 0.2) is 11.5 Å². The van der Waals surface area contributed by atoms with Crippen molar-refractivity contribution < 1.29 is 24.1 Å². The van der Waals surface area contributed by atoms with Crippen LogP contribution < -0.4 is 14.2 Å². The van der Waals surface area contributed by atoms with Gasteiger partial charge in [0.1, 0.15) is 11.5 Å². The molecule has 6 heteroatoms. The molecule has 2 aliphatic rings. The van der Waals surface area contributed by atoms with Crippen LogP contribution in [0.4, 0.5) is 0 Å². The number of ketones is 1. The molecule has 2 aromatic carbocycles. The van der Waals surface area contributed by atoms with Gasteiger partial charge in [0.2, 0.25) is 6.79 Å². The monoisotopic (exact) mass is 397 g/mol. The van der Waals surface area contributed by atoms with E-state index in [0.29, 0.717) is 30.8 Å². The molecular weight excluding hydrogens is 370 g/mol. The van der Waals surface area contributed by atoms with Crippen molar-refractivity contribution in [2.24, 2.45) is 0 Å². The van der Waals surface area contributed by atoms with E-state index >= 15 is 0 Å². The first-order valence-electron chi connectivity index (χ1n) is 10.0. The molecule has 0 aromatic heterocycles. The van der Waals surface area contributed by atoms with Crippen LogP contribution in [0.1, 0.15) is 41.1 Å². The number of carbonyl (C=O) groups excluding carboxylic acids is 1. The number of aliphatic hydroxyl groups is 1. The van der Waals surface area contributed by atoms with Crippen LogP contribution in [0.3, 0.4) is 0 Å². The molecule has 0 saturated carbocycles. The van der Waals surface area contributed by atoms with Crippen LogP contribution in [0.25, 0.3) is 0 Å². The van der Waals surface area contributed by atoms with Gasteiger partial charge in [0.05, 0.1) is 13.7 Å². The molecular formula is C23H27NO5. The van der Waals surface area contributed by atoms with Crippen LogP contribution in [0.2, 0.25) is 0 Å². The number of carbonyl (C=O) groups is 1. The Kier molecular flexibility index (Phi) is 5.74. The first-order valence-corrected chi connectivity index (χ1v) is 10.0. The predicted molar refractivity (Wildman–Crippen MR) is 109 cm³/mol. The van der Waals surface area contributed by atoms with Crippen molar-refractivity contribution in [1.82, 2.24) is 4.90 Å². The van der Waals surface area contributed by atoms with Crippen molar-refractivity contribution >= 4 is 5.78 Å². The zero-order valence-electron chi connectivity index (χ0n) is 16.9. The molecule has 2 aromatic rings. The molecule has 0 bridgehead atoms. The Bertz CT molecular complexity index is 910. The Morgan fingerprint density at radius 2 is 2.14 bits per heavy atom. The first-order chi connectivity index (χ1) is 14.1. The number of methoxy groups -OCH3 is 1. The predicted octanol–water partition coefficient (Wildman–Crippen LogP) is 3.04. The second-order valence-corrected chi connectivity index (χ2v) is 7.62. The molecule has 29 heavy (non-hydrogen) atoms. The van der Waals surface area contributed by atoms with Gasteiger partial charge in [-0.3, -0.25) is 9.69 Å². The molecule has 0 radical (unpaired) electrons. The Morgan fingerprint density at radius 1 is 1.31 bits per heavy atom. The van der Waals surface area contributed by atoms with Gasteiger partial charge in [-0.15, -0.1) is 0 Å². The minimum atomic E-state index is -0.130. The summed E-state index contributed by atoms with van der Waals surface area (Å²) in [6.07, 6.45) is 2.38. The summed E-state index contributed by atoms with van der Waals surface area (Å²) in [5.74, 6) is 2.32. The number of hydrogen-bond acceptors (Lipinski definition) is 6. The Hall–Kier alpha value is -2.57. The van der Waals surface area contributed by atoms with Crippen LogP contribution in [-0.2, 0) is 24.2 Å². The molecule has 2 heterocycles. The van der Waals surface area contributed by atoms with E-state index in [1.165, 1.54) is 0 Å². The highest BCUT2D eigenvalue weighted by molar-refractivity contribution is 5.80. The molecule has 0 fully saturated rings. The molecule has 154 valence electrons. The lowest BCUT2D eigenvalue weighted by atomic mass is 9.85. The summed E-state index contributed by atoms with van der Waals surface area (Å²) in [4.78, 5) is 15.1. The largest absolute Gasteiger partial charge is 0.496 e. The lowest BCUT2D eigenvalue weighted by Crippen LogP contribution is -2.34. The number of benzene rings is 2. The van der Waals surface area contributed by atoms with E-state index < -0.39 is 0 Å². The van der Waals surface area contributed by atoms with Gasteiger partial charge >= 0.3 is 0 Å². The van der Waals surface area contributed by atoms with Gasteiger partial charge in [-0.25, -0.2) is 0 Å². The van der Waals surface area contributed by atoms with E-state index in [-0.39, 0.29) is 25.2 Å². The maximum absolute atomic E-state index is 12.9. The second kappa shape index (κ2) is 8.43. The number of aryl methyl sites for hydroxylation is 1. The van der Waals surface area contributed by atoms with Crippen molar-refractivity contribution in [3.8, 4) is 17.2 Å². The highest BCUT2D eigenvalue weighted by Crippen LogP contribution is 2.45. The van der Waals surface area contributed by atoms with Crippen LogP contribution >= 0.6 is 0 Å². The van der Waals surface area contributed by atoms with Crippen molar-refractivity contribution in [3.05, 3.63) is 52.6 Å². The number of Topliss-reactive ketones (excluding diaryl/α,β-unsaturated/α-hetero) is 1. The number of nitrogens with zero attached hydrogens (tertiary/aromatic N) is 1. The number of hydrogen-bond donors (Lipinski definition) is 1. The number of rotatable bonds is 7. The minimum absolute atomic E-state index is 0.0689. The fourth-order valence-electron chi connectivity index (χ4n) is 4.39. The summed E-state index contributed by atoms with van der Waals surface area (Å²) in [7, 11) is 3.68. The highest BCUT2D eigenvalue weighted by Gasteiger charge is 2.33. The topological polar surface area (TPSA) is 68.2 Å². The molecule has 0 amide bonds. The molecule has 6 nitrogen and oxygen atoms in total. The highest BCUT2D eigenvalue weighted by atomic mass is 16.7. The lowest BCUT2D eigenvalue weighted by molar-refractivity contribution is -0.120. The summed E-state index contributed by atoms with van der Waals surface area (Å²) in [6.45, 7) is 0.903. The fraction of sp³-hybridized carbons (Fsp3) is 0.435. The molecule has 1 atom stereocenters. The molecule has 2 aliphatic heterocycles. The molecule has 4 rings (SSSR count). The molecule has 1 unspecified atom stereocenters. The fourth-order valence-corrected chi connectivity index (χ4v) is 4.39. The summed E-state index contributed by atoms with van der Waals surface area (Å²) in [6, 6.07) is 9.75. The third kappa shape index (κ3) is 3.82. The van der Waals surface area contributed by atoms with E-state index in [9.17, 15) is 9.90 Å². The standard InChI is InChI=1S/C23H27NO5/c1-24-10-9-16-11-21-23(29-14-28-21)18(13-25)22(16)19(24)12-17(26)8-7-15-5-3-4-6-20(15)27-2/h3-6,11,19,25H,7-10,12-14H2,1-2H3. The number of ether oxygens (including phenoxy) is 3. The van der Waals surface area contributed by atoms with Crippen molar-refractivity contribution in [2.75, 3.05) is 27.5 Å². The number of para-hydroxylation sites is 1. The van der Waals surface area contributed by atoms with Gasteiger partial charge in [-0.2, -0.15) is 0 Å². The zero-order valence-corrected chi connectivity index (χ0v) is 16.9. The Labute approximate surface area is 171 Å². The van der Waals surface area contributed by atoms with Crippen molar-refractivity contribution in [2.45, 2.75) is 38.3 Å². The van der Waals surface area contributed by atoms with E-state index in [1.54, 1.807) is 7.11 Å². The maximum Gasteiger partial charge on any atom is 0.231 e. The van der Waals surface area contributed by atoms with Crippen LogP contribution in [0.5, 0.6) is 17.2 Å². The Morgan fingerprint density at radius 3 is 2.93 bits per heavy atom. The van der Waals surface area contributed by atoms with Gasteiger partial charge in [-0.05, 0) is 48.7 Å². The SMILES string of the molecule is COc1ccccc1CCC(=O)CC1c2c(cc3c(c2CO)OCO3)CCN1C. The quantitative estimate of drug-likeness (QED) is 0.775. The van der Waals surface area contributed by atoms with E-state index in [1.807, 2.05) is 37.4 Å². The van der Waals surface area contributed by atoms with Crippen molar-refractivity contribution in [1.29, 1.82) is 0 Å². The lowest BCUT2D eigenvalue weighted by Gasteiger charge is -2.36. The van der Waals surface area contributed by atoms with Crippen LogP contribution in [0, 0.1) is 0 Å². The van der Waals surface area contributed by atoms with Crippen LogP contribution in [-0.4, -0.2) is 43.3 Å². The zero-order chi connectivity index (χ0) is 20.4. The summed E-state index contributed by atoms with van der Waals surface area (Å²) < 4.78 is 16.5. The summed E-state index contributed by atoms with van der Waals surface area (Å²) in [5.41, 5.74) is 3.96. The average molecular weight is 397 g/mol. The minimum Gasteiger partial charge on any atom is -0.496 e. The summed E-state index contributed by atoms with van der Waals surface area (Å²) in [5, 5.41) is 10.1. The number of aliphatic hydroxyl groups excluding tert-OH is 1. The molecule has 1 N–H and O–H groups in total. The molecule has 0 aliphatic carbocycles.